The van der Waals surface area contributed by atoms with E-state index in [1.54, 1.807) is 0 Å². The van der Waals surface area contributed by atoms with Crippen LogP contribution < -0.4 is 0 Å². The third kappa shape index (κ3) is 8.02. The third-order valence-electron chi connectivity index (χ3n) is 1.39. The van der Waals surface area contributed by atoms with Gasteiger partial charge in [0.25, 0.3) is 0 Å². The van der Waals surface area contributed by atoms with Gasteiger partial charge in [-0.1, -0.05) is 0 Å². The van der Waals surface area contributed by atoms with Gasteiger partial charge in [0.1, 0.15) is 0 Å². The van der Waals surface area contributed by atoms with Crippen molar-refractivity contribution in [3.63, 3.8) is 0 Å². The number of hydrogen-bond acceptors (Lipinski definition) is 5. The van der Waals surface area contributed by atoms with Crippen LogP contribution in [-0.4, -0.2) is 20.8 Å². The van der Waals surface area contributed by atoms with Crippen LogP contribution in [0.4, 0.5) is 0 Å². The van der Waals surface area contributed by atoms with E-state index in [1.807, 2.05) is 0 Å². The molecule has 0 aliphatic rings. The van der Waals surface area contributed by atoms with Gasteiger partial charge >= 0.3 is 115 Å². The first-order chi connectivity index (χ1) is 7.65. The van der Waals surface area contributed by atoms with Crippen molar-refractivity contribution in [2.24, 2.45) is 0 Å². The van der Waals surface area contributed by atoms with Gasteiger partial charge in [-0.3, -0.25) is 0 Å². The van der Waals surface area contributed by atoms with Crippen LogP contribution in [0.15, 0.2) is 0 Å². The first-order valence-corrected chi connectivity index (χ1v) is 9.70. The molecule has 0 rings (SSSR count). The first-order valence-electron chi connectivity index (χ1n) is 6.23. The van der Waals surface area contributed by atoms with Crippen molar-refractivity contribution in [1.82, 2.24) is 0 Å². The van der Waals surface area contributed by atoms with Gasteiger partial charge in [-0.15, -0.1) is 0 Å². The second-order valence-electron chi connectivity index (χ2n) is 7.76. The predicted molar refractivity (Wildman–Crippen MR) is 66.1 cm³/mol. The van der Waals surface area contributed by atoms with Crippen molar-refractivity contribution in [3.8, 4) is 0 Å². The third-order valence-corrected chi connectivity index (χ3v) is 5.74. The summed E-state index contributed by atoms with van der Waals surface area (Å²) in [6.07, 6.45) is 0. The fourth-order valence-electron chi connectivity index (χ4n) is 1.76. The van der Waals surface area contributed by atoms with E-state index < -0.39 is 29.9 Å². The molecule has 0 radical (unpaired) electrons. The fraction of sp³-hybridized carbons (Fsp3) is 1.00. The van der Waals surface area contributed by atoms with E-state index >= 15 is 0 Å². The Hall–Kier alpha value is 0.0244. The Bertz CT molecular complexity index is 440. The molecule has 0 aromatic heterocycles. The summed E-state index contributed by atoms with van der Waals surface area (Å²) in [4.78, 5) is 0. The van der Waals surface area contributed by atoms with Gasteiger partial charge in [0.15, 0.2) is 0 Å². The Balaban J connectivity index is 6.02. The number of hydrogen-bond donors (Lipinski definition) is 1. The minimum absolute atomic E-state index is 1.20. The van der Waals surface area contributed by atoms with Gasteiger partial charge in [-0.25, -0.2) is 0 Å². The van der Waals surface area contributed by atoms with Crippen LogP contribution in [0.3, 0.4) is 0 Å². The van der Waals surface area contributed by atoms with E-state index in [2.05, 4.69) is 0 Å². The van der Waals surface area contributed by atoms with Gasteiger partial charge in [0.05, 0.1) is 0 Å². The molecule has 0 aromatic carbocycles. The molecule has 0 bridgehead atoms. The monoisotopic (exact) mass is 319 g/mol. The average molecular weight is 319 g/mol. The van der Waals surface area contributed by atoms with E-state index in [-0.39, 0.29) is 0 Å². The topological polar surface area (TPSA) is 82.1 Å². The standard InChI is InChI=1S/3C4H9O.H2O.2O.V/c3*1-4(2,3)5;;;;/h3*1-3H3;1H2;;;/q3*-1;;;;+4/p-1. The van der Waals surface area contributed by atoms with Gasteiger partial charge in [0.2, 0.25) is 0 Å². The maximum absolute atomic E-state index is 12.8. The van der Waals surface area contributed by atoms with Crippen LogP contribution >= 0.6 is 0 Å². The van der Waals surface area contributed by atoms with Crippen molar-refractivity contribution < 1.29 is 35.4 Å². The van der Waals surface area contributed by atoms with E-state index in [9.17, 15) is 11.4 Å². The maximum atomic E-state index is 12.8. The van der Waals surface area contributed by atoms with Crippen LogP contribution in [0.1, 0.15) is 62.3 Å². The predicted octanol–water partition coefficient (Wildman–Crippen LogP) is 3.00. The second kappa shape index (κ2) is 4.03. The van der Waals surface area contributed by atoms with Gasteiger partial charge < -0.3 is 0 Å². The Morgan fingerprint density at radius 3 is 0.895 bits per heavy atom. The molecule has 19 heavy (non-hydrogen) atoms. The van der Waals surface area contributed by atoms with Crippen molar-refractivity contribution >= 4 is 0 Å². The molecule has 6 nitrogen and oxygen atoms in total. The molecule has 0 atom stereocenters. The van der Waals surface area contributed by atoms with Crippen LogP contribution in [0.5, 0.6) is 0 Å². The molecule has 0 fully saturated rings. The zero-order valence-electron chi connectivity index (χ0n) is 13.4. The summed E-state index contributed by atoms with van der Waals surface area (Å²) in [5.74, 6) is 0. The molecule has 0 aliphatic heterocycles. The van der Waals surface area contributed by atoms with Gasteiger partial charge in [-0.05, 0) is 0 Å². The van der Waals surface area contributed by atoms with E-state index in [0.717, 1.165) is 0 Å². The molecule has 1 N–H and O–H groups in total. The summed E-state index contributed by atoms with van der Waals surface area (Å²) in [5.41, 5.74) is -3.60. The molecule has 117 valence electrons. The van der Waals surface area contributed by atoms with E-state index in [4.69, 9.17) is 11.0 Å². The molecule has 0 unspecified atom stereocenters. The van der Waals surface area contributed by atoms with Gasteiger partial charge in [-0.2, -0.15) is 0 Å². The average Bonchev–Trinajstić information content (AvgIpc) is 1.59. The summed E-state index contributed by atoms with van der Waals surface area (Å²) in [7, 11) is 0. The second-order valence-corrected chi connectivity index (χ2v) is 12.2. The Morgan fingerprint density at radius 2 is 0.789 bits per heavy atom. The summed E-state index contributed by atoms with van der Waals surface area (Å²) >= 11 is -7.89. The van der Waals surface area contributed by atoms with E-state index in [1.165, 1.54) is 62.3 Å². The first kappa shape index (κ1) is 19.0. The zero-order chi connectivity index (χ0) is 16.0. The quantitative estimate of drug-likeness (QED) is 0.861. The van der Waals surface area contributed by atoms with Crippen LogP contribution in [0.2, 0.25) is 0 Å². The molecular formula is C12H28O6V. The van der Waals surface area contributed by atoms with Crippen LogP contribution in [-0.2, 0) is 31.4 Å². The Kier molecular flexibility index (Phi) is 4.03. The molecule has 0 aromatic rings. The summed E-state index contributed by atoms with van der Waals surface area (Å²) < 4.78 is 50.8. The molecule has 7 heteroatoms. The summed E-state index contributed by atoms with van der Waals surface area (Å²) in [6.45, 7) is 13.4. The molecule has 0 saturated heterocycles. The summed E-state index contributed by atoms with van der Waals surface area (Å²) in [5, 5.41) is 0. The molecule has 0 heterocycles. The van der Waals surface area contributed by atoms with Crippen molar-refractivity contribution in [1.29, 1.82) is 0 Å². The van der Waals surface area contributed by atoms with Crippen LogP contribution in [0, 0.1) is 0 Å². The van der Waals surface area contributed by atoms with Crippen molar-refractivity contribution in [3.05, 3.63) is 0 Å². The zero-order valence-corrected chi connectivity index (χ0v) is 14.8. The normalized spacial score (nSPS) is 18.8. The van der Waals surface area contributed by atoms with Crippen molar-refractivity contribution in [2.45, 2.75) is 79.1 Å². The molecule has 0 spiro atoms. The van der Waals surface area contributed by atoms with E-state index in [0.29, 0.717) is 0 Å². The minimum atomic E-state index is -7.89. The SMILES string of the molecule is CC(C)(C)[O][V](=[O])(=[O])([OH])([O]C(C)(C)C)[O]C(C)(C)C. The van der Waals surface area contributed by atoms with Crippen molar-refractivity contribution in [2.75, 3.05) is 0 Å². The van der Waals surface area contributed by atoms with Crippen LogP contribution in [0.25, 0.3) is 0 Å². The Labute approximate surface area is 115 Å². The Morgan fingerprint density at radius 1 is 0.632 bits per heavy atom. The number of rotatable bonds is 3. The van der Waals surface area contributed by atoms with Gasteiger partial charge in [0, 0.05) is 0 Å². The summed E-state index contributed by atoms with van der Waals surface area (Å²) in [6, 6.07) is 0. The molecule has 0 saturated carbocycles. The molecular weight excluding hydrogens is 291 g/mol. The molecule has 0 amide bonds. The molecule has 0 aliphatic carbocycles. The fourth-order valence-corrected chi connectivity index (χ4v) is 7.28.